The third kappa shape index (κ3) is 8.59. The molecule has 37 heavy (non-hydrogen) atoms. The van der Waals surface area contributed by atoms with Crippen LogP contribution in [0, 0.1) is 0 Å². The molecule has 3 rings (SSSR count). The smallest absolute Gasteiger partial charge is 0.252 e. The van der Waals surface area contributed by atoms with Crippen molar-refractivity contribution >= 4 is 35.3 Å². The Kier molecular flexibility index (Phi) is 10.9. The maximum Gasteiger partial charge on any atom is 0.252 e. The van der Waals surface area contributed by atoms with E-state index in [9.17, 15) is 19.2 Å². The molecular weight excluding hydrogens is 490 g/mol. The quantitative estimate of drug-likeness (QED) is 0.119. The Hall–Kier alpha value is -3.95. The molecule has 8 nitrogen and oxygen atoms in total. The van der Waals surface area contributed by atoms with E-state index >= 15 is 0 Å². The molecule has 0 aliphatic carbocycles. The Labute approximate surface area is 219 Å². The van der Waals surface area contributed by atoms with Crippen molar-refractivity contribution in [1.82, 2.24) is 16.1 Å². The standard InChI is InChI=1S/C28H29N3O5S/c32-25(31-36)16-9-17-37-19-24(28(35)29-18-20-10-3-1-4-11-20)30-27(34)23-15-8-7-14-22(23)26(33)21-12-5-2-6-13-21/h1-8,10-15,24,36H,9,16-19H2,(H,29,35)(H,30,34)(H,31,32)/t24-/m0/s1. The lowest BCUT2D eigenvalue weighted by atomic mass is 9.98. The minimum absolute atomic E-state index is 0.149. The molecule has 0 aliphatic rings. The second-order valence-electron chi connectivity index (χ2n) is 8.18. The number of hydrogen-bond donors (Lipinski definition) is 4. The number of carbonyl (C=O) groups is 4. The van der Waals surface area contributed by atoms with Gasteiger partial charge in [-0.1, -0.05) is 78.9 Å². The fourth-order valence-corrected chi connectivity index (χ4v) is 4.53. The fraction of sp³-hybridized carbons (Fsp3) is 0.214. The van der Waals surface area contributed by atoms with Crippen molar-refractivity contribution in [3.63, 3.8) is 0 Å². The summed E-state index contributed by atoms with van der Waals surface area (Å²) in [6.07, 6.45) is 0.646. The van der Waals surface area contributed by atoms with E-state index in [4.69, 9.17) is 5.21 Å². The lowest BCUT2D eigenvalue weighted by Gasteiger charge is -2.19. The summed E-state index contributed by atoms with van der Waals surface area (Å²) in [5.41, 5.74) is 3.40. The summed E-state index contributed by atoms with van der Waals surface area (Å²) >= 11 is 1.40. The Morgan fingerprint density at radius 3 is 2.11 bits per heavy atom. The maximum atomic E-state index is 13.3. The zero-order chi connectivity index (χ0) is 26.5. The molecule has 0 saturated carbocycles. The van der Waals surface area contributed by atoms with Crippen LogP contribution >= 0.6 is 11.8 Å². The molecule has 0 aromatic heterocycles. The highest BCUT2D eigenvalue weighted by Gasteiger charge is 2.24. The average molecular weight is 520 g/mol. The molecule has 3 aromatic carbocycles. The number of hydrogen-bond acceptors (Lipinski definition) is 6. The van der Waals surface area contributed by atoms with Crippen LogP contribution in [0.3, 0.4) is 0 Å². The van der Waals surface area contributed by atoms with Gasteiger partial charge in [0.1, 0.15) is 6.04 Å². The highest BCUT2D eigenvalue weighted by atomic mass is 32.2. The second kappa shape index (κ2) is 14.6. The first-order valence-electron chi connectivity index (χ1n) is 11.8. The van der Waals surface area contributed by atoms with Gasteiger partial charge in [0.05, 0.1) is 5.56 Å². The molecule has 0 heterocycles. The Balaban J connectivity index is 1.71. The normalized spacial score (nSPS) is 11.3. The first-order chi connectivity index (χ1) is 18.0. The largest absolute Gasteiger partial charge is 0.350 e. The number of ketones is 1. The minimum Gasteiger partial charge on any atom is -0.350 e. The number of carbonyl (C=O) groups excluding carboxylic acids is 4. The van der Waals surface area contributed by atoms with Crippen molar-refractivity contribution in [3.05, 3.63) is 107 Å². The summed E-state index contributed by atoms with van der Waals surface area (Å²) in [7, 11) is 0. The van der Waals surface area contributed by atoms with E-state index in [0.29, 0.717) is 24.3 Å². The monoisotopic (exact) mass is 519 g/mol. The van der Waals surface area contributed by atoms with Crippen molar-refractivity contribution in [2.75, 3.05) is 11.5 Å². The first-order valence-corrected chi connectivity index (χ1v) is 13.0. The zero-order valence-corrected chi connectivity index (χ0v) is 21.0. The summed E-state index contributed by atoms with van der Waals surface area (Å²) in [4.78, 5) is 50.6. The number of thioether (sulfide) groups is 1. The molecule has 0 unspecified atom stereocenters. The molecule has 4 N–H and O–H groups in total. The van der Waals surface area contributed by atoms with E-state index in [1.165, 1.54) is 11.8 Å². The van der Waals surface area contributed by atoms with Crippen molar-refractivity contribution in [1.29, 1.82) is 0 Å². The zero-order valence-electron chi connectivity index (χ0n) is 20.2. The molecule has 0 spiro atoms. The Morgan fingerprint density at radius 1 is 0.811 bits per heavy atom. The minimum atomic E-state index is -0.868. The van der Waals surface area contributed by atoms with Gasteiger partial charge in [0.15, 0.2) is 5.78 Å². The molecule has 9 heteroatoms. The lowest BCUT2D eigenvalue weighted by Crippen LogP contribution is -2.48. The highest BCUT2D eigenvalue weighted by Crippen LogP contribution is 2.16. The van der Waals surface area contributed by atoms with Crippen LogP contribution in [-0.2, 0) is 16.1 Å². The third-order valence-electron chi connectivity index (χ3n) is 5.49. The van der Waals surface area contributed by atoms with Crippen molar-refractivity contribution < 1.29 is 24.4 Å². The molecule has 3 aromatic rings. The van der Waals surface area contributed by atoms with Gasteiger partial charge in [-0.2, -0.15) is 11.8 Å². The molecule has 3 amide bonds. The van der Waals surface area contributed by atoms with Crippen LogP contribution in [0.15, 0.2) is 84.9 Å². The van der Waals surface area contributed by atoms with Crippen LogP contribution in [-0.4, -0.2) is 46.3 Å². The summed E-state index contributed by atoms with van der Waals surface area (Å²) in [6.45, 7) is 0.302. The molecule has 192 valence electrons. The molecule has 0 bridgehead atoms. The van der Waals surface area contributed by atoms with E-state index in [2.05, 4.69) is 10.6 Å². The van der Waals surface area contributed by atoms with Crippen LogP contribution in [0.4, 0.5) is 0 Å². The van der Waals surface area contributed by atoms with Gasteiger partial charge in [-0.25, -0.2) is 5.48 Å². The maximum absolute atomic E-state index is 13.3. The van der Waals surface area contributed by atoms with Crippen LogP contribution in [0.2, 0.25) is 0 Å². The van der Waals surface area contributed by atoms with Gasteiger partial charge in [0.25, 0.3) is 5.91 Å². The van der Waals surface area contributed by atoms with E-state index in [1.807, 2.05) is 36.4 Å². The highest BCUT2D eigenvalue weighted by molar-refractivity contribution is 7.99. The Morgan fingerprint density at radius 2 is 1.43 bits per heavy atom. The van der Waals surface area contributed by atoms with Gasteiger partial charge in [-0.15, -0.1) is 0 Å². The summed E-state index contributed by atoms with van der Waals surface area (Å²) in [5.74, 6) is -0.833. The van der Waals surface area contributed by atoms with Gasteiger partial charge >= 0.3 is 0 Å². The van der Waals surface area contributed by atoms with E-state index in [-0.39, 0.29) is 35.0 Å². The van der Waals surface area contributed by atoms with E-state index in [0.717, 1.165) is 5.56 Å². The summed E-state index contributed by atoms with van der Waals surface area (Å²) in [5, 5.41) is 14.3. The van der Waals surface area contributed by atoms with Crippen LogP contribution in [0.5, 0.6) is 0 Å². The lowest BCUT2D eigenvalue weighted by molar-refractivity contribution is -0.129. The van der Waals surface area contributed by atoms with E-state index < -0.39 is 17.9 Å². The fourth-order valence-electron chi connectivity index (χ4n) is 3.54. The average Bonchev–Trinajstić information content (AvgIpc) is 2.95. The van der Waals surface area contributed by atoms with Gasteiger partial charge < -0.3 is 10.6 Å². The molecule has 0 aliphatic heterocycles. The molecular formula is C28H29N3O5S. The predicted octanol–water partition coefficient (Wildman–Crippen LogP) is 3.35. The molecule has 0 fully saturated rings. The molecule has 0 radical (unpaired) electrons. The van der Waals surface area contributed by atoms with Crippen LogP contribution < -0.4 is 16.1 Å². The topological polar surface area (TPSA) is 125 Å². The van der Waals surface area contributed by atoms with Crippen molar-refractivity contribution in [3.8, 4) is 0 Å². The summed E-state index contributed by atoms with van der Waals surface area (Å²) in [6, 6.07) is 23.7. The third-order valence-corrected chi connectivity index (χ3v) is 6.63. The number of hydroxylamine groups is 1. The molecule has 0 saturated heterocycles. The van der Waals surface area contributed by atoms with Crippen molar-refractivity contribution in [2.45, 2.75) is 25.4 Å². The number of nitrogens with one attached hydrogen (secondary N) is 3. The number of amides is 3. The van der Waals surface area contributed by atoms with Gasteiger partial charge in [0.2, 0.25) is 11.8 Å². The first kappa shape index (κ1) is 27.6. The summed E-state index contributed by atoms with van der Waals surface area (Å²) < 4.78 is 0. The number of rotatable bonds is 13. The van der Waals surface area contributed by atoms with Crippen LogP contribution in [0.1, 0.15) is 44.7 Å². The SMILES string of the molecule is O=C(CCCSC[C@H](NC(=O)c1ccccc1C(=O)c1ccccc1)C(=O)NCc1ccccc1)NO. The van der Waals surface area contributed by atoms with Crippen molar-refractivity contribution in [2.24, 2.45) is 0 Å². The van der Waals surface area contributed by atoms with Crippen LogP contribution in [0.25, 0.3) is 0 Å². The molecule has 1 atom stereocenters. The second-order valence-corrected chi connectivity index (χ2v) is 9.33. The van der Waals surface area contributed by atoms with Gasteiger partial charge in [-0.3, -0.25) is 24.4 Å². The van der Waals surface area contributed by atoms with Gasteiger partial charge in [0, 0.05) is 29.8 Å². The number of benzene rings is 3. The van der Waals surface area contributed by atoms with Gasteiger partial charge in [-0.05, 0) is 23.8 Å². The Bertz CT molecular complexity index is 1200. The predicted molar refractivity (Wildman–Crippen MR) is 142 cm³/mol. The van der Waals surface area contributed by atoms with E-state index in [1.54, 1.807) is 54.0 Å².